The molecule has 3 aromatic carbocycles. The first kappa shape index (κ1) is 25.0. The smallest absolute Gasteiger partial charge is 0.201 e. The maximum absolute atomic E-state index is 14.7. The fraction of sp³-hybridized carbons (Fsp3) is 0.357. The minimum absolute atomic E-state index is 0.0394. The molecule has 3 aromatic rings. The van der Waals surface area contributed by atoms with E-state index in [9.17, 15) is 22.0 Å². The molecular weight excluding hydrogens is 463 g/mol. The summed E-state index contributed by atoms with van der Waals surface area (Å²) in [6.45, 7) is 3.72. The second-order valence-electron chi connectivity index (χ2n) is 8.94. The van der Waals surface area contributed by atoms with Crippen LogP contribution in [-0.2, 0) is 0 Å². The molecule has 1 saturated carbocycles. The van der Waals surface area contributed by atoms with Crippen LogP contribution in [0.5, 0.6) is 11.5 Å². The highest BCUT2D eigenvalue weighted by molar-refractivity contribution is 5.66. The fourth-order valence-electron chi connectivity index (χ4n) is 4.64. The van der Waals surface area contributed by atoms with Crippen LogP contribution in [0.4, 0.5) is 22.0 Å². The molecule has 0 radical (unpaired) electrons. The summed E-state index contributed by atoms with van der Waals surface area (Å²) < 4.78 is 82.4. The van der Waals surface area contributed by atoms with Crippen molar-refractivity contribution in [1.82, 2.24) is 0 Å². The molecule has 0 bridgehead atoms. The Bertz CT molecular complexity index is 1200. The number of ether oxygens (including phenoxy) is 2. The molecule has 0 spiro atoms. The average molecular weight is 491 g/mol. The zero-order valence-corrected chi connectivity index (χ0v) is 19.6. The van der Waals surface area contributed by atoms with E-state index in [0.29, 0.717) is 30.6 Å². The van der Waals surface area contributed by atoms with E-state index in [1.165, 1.54) is 24.3 Å². The molecule has 0 amide bonds. The van der Waals surface area contributed by atoms with Gasteiger partial charge < -0.3 is 9.47 Å². The Kier molecular flexibility index (Phi) is 7.63. The first-order chi connectivity index (χ1) is 16.8. The van der Waals surface area contributed by atoms with Crippen LogP contribution >= 0.6 is 0 Å². The summed E-state index contributed by atoms with van der Waals surface area (Å²) in [5.41, 5.74) is 0.433. The molecule has 7 heteroatoms. The summed E-state index contributed by atoms with van der Waals surface area (Å²) in [4.78, 5) is 0. The van der Waals surface area contributed by atoms with Gasteiger partial charge in [0.05, 0.1) is 13.2 Å². The predicted molar refractivity (Wildman–Crippen MR) is 124 cm³/mol. The van der Waals surface area contributed by atoms with Crippen LogP contribution in [0.25, 0.3) is 11.1 Å². The third-order valence-electron chi connectivity index (χ3n) is 6.65. The first-order valence-corrected chi connectivity index (χ1v) is 11.8. The minimum Gasteiger partial charge on any atom is -0.493 e. The lowest BCUT2D eigenvalue weighted by Gasteiger charge is -2.29. The molecule has 1 aliphatic carbocycles. The summed E-state index contributed by atoms with van der Waals surface area (Å²) in [6, 6.07) is 9.85. The predicted octanol–water partition coefficient (Wildman–Crippen LogP) is 8.11. The van der Waals surface area contributed by atoms with E-state index >= 15 is 0 Å². The Hall–Kier alpha value is -3.09. The lowest BCUT2D eigenvalue weighted by Crippen LogP contribution is -2.20. The van der Waals surface area contributed by atoms with E-state index in [4.69, 9.17) is 9.47 Å². The van der Waals surface area contributed by atoms with Gasteiger partial charge in [-0.05, 0) is 86.8 Å². The largest absolute Gasteiger partial charge is 0.493 e. The van der Waals surface area contributed by atoms with Crippen molar-refractivity contribution in [1.29, 1.82) is 0 Å². The van der Waals surface area contributed by atoms with Crippen molar-refractivity contribution in [3.05, 3.63) is 82.7 Å². The standard InChI is InChI=1S/C28H27F5O2/c1-3-34-24-13-12-22(27(32)28(24)33)21-11-9-19(14-23(21)29)35-15-17-5-7-18(8-6-17)20-10-4-16(2)25(30)26(20)31/h4,9-14,17-18H,3,5-8,15H2,1-2H3. The summed E-state index contributed by atoms with van der Waals surface area (Å²) in [5.74, 6) is -4.39. The van der Waals surface area contributed by atoms with Gasteiger partial charge in [-0.1, -0.05) is 12.1 Å². The SMILES string of the molecule is CCOc1ccc(-c2ccc(OCC3CCC(c4ccc(C)c(F)c4F)CC3)cc2F)c(F)c1F. The van der Waals surface area contributed by atoms with Crippen molar-refractivity contribution in [3.63, 3.8) is 0 Å². The van der Waals surface area contributed by atoms with Crippen LogP contribution in [0.3, 0.4) is 0 Å². The molecule has 186 valence electrons. The number of rotatable bonds is 7. The quantitative estimate of drug-likeness (QED) is 0.312. The molecule has 4 rings (SSSR count). The average Bonchev–Trinajstić information content (AvgIpc) is 2.85. The van der Waals surface area contributed by atoms with Crippen LogP contribution in [0.15, 0.2) is 42.5 Å². The maximum atomic E-state index is 14.7. The summed E-state index contributed by atoms with van der Waals surface area (Å²) in [6.07, 6.45) is 2.97. The van der Waals surface area contributed by atoms with E-state index in [1.54, 1.807) is 26.0 Å². The van der Waals surface area contributed by atoms with Crippen molar-refractivity contribution in [3.8, 4) is 22.6 Å². The van der Waals surface area contributed by atoms with Gasteiger partial charge in [0.25, 0.3) is 0 Å². The molecule has 1 aliphatic rings. The Morgan fingerprint density at radius 2 is 1.46 bits per heavy atom. The van der Waals surface area contributed by atoms with Crippen LogP contribution < -0.4 is 9.47 Å². The Balaban J connectivity index is 1.37. The van der Waals surface area contributed by atoms with E-state index in [2.05, 4.69) is 0 Å². The van der Waals surface area contributed by atoms with Gasteiger partial charge in [-0.3, -0.25) is 0 Å². The topological polar surface area (TPSA) is 18.5 Å². The van der Waals surface area contributed by atoms with E-state index in [-0.39, 0.29) is 41.1 Å². The molecule has 0 heterocycles. The van der Waals surface area contributed by atoms with Crippen LogP contribution in [0, 0.1) is 41.9 Å². The number of benzene rings is 3. The maximum Gasteiger partial charge on any atom is 0.201 e. The summed E-state index contributed by atoms with van der Waals surface area (Å²) in [7, 11) is 0. The lowest BCUT2D eigenvalue weighted by molar-refractivity contribution is 0.198. The highest BCUT2D eigenvalue weighted by Gasteiger charge is 2.26. The van der Waals surface area contributed by atoms with Gasteiger partial charge in [0.15, 0.2) is 23.2 Å². The van der Waals surface area contributed by atoms with E-state index in [0.717, 1.165) is 18.9 Å². The number of hydrogen-bond donors (Lipinski definition) is 0. The molecule has 0 saturated heterocycles. The summed E-state index contributed by atoms with van der Waals surface area (Å²) in [5, 5.41) is 0. The lowest BCUT2D eigenvalue weighted by atomic mass is 9.78. The van der Waals surface area contributed by atoms with E-state index in [1.807, 2.05) is 0 Å². The first-order valence-electron chi connectivity index (χ1n) is 11.8. The molecule has 0 atom stereocenters. The third kappa shape index (κ3) is 5.29. The zero-order valence-electron chi connectivity index (χ0n) is 19.6. The number of hydrogen-bond acceptors (Lipinski definition) is 2. The van der Waals surface area contributed by atoms with Crippen LogP contribution in [0.2, 0.25) is 0 Å². The summed E-state index contributed by atoms with van der Waals surface area (Å²) >= 11 is 0. The normalized spacial score (nSPS) is 17.9. The molecule has 0 unspecified atom stereocenters. The Morgan fingerprint density at radius 3 is 2.14 bits per heavy atom. The van der Waals surface area contributed by atoms with Crippen molar-refractivity contribution in [2.24, 2.45) is 5.92 Å². The zero-order chi connectivity index (χ0) is 25.1. The molecule has 0 aliphatic heterocycles. The van der Waals surface area contributed by atoms with Crippen molar-refractivity contribution >= 4 is 0 Å². The molecule has 2 nitrogen and oxygen atoms in total. The van der Waals surface area contributed by atoms with Crippen LogP contribution in [-0.4, -0.2) is 13.2 Å². The minimum atomic E-state index is -1.18. The van der Waals surface area contributed by atoms with Gasteiger partial charge in [0, 0.05) is 17.2 Å². The third-order valence-corrected chi connectivity index (χ3v) is 6.65. The molecule has 0 N–H and O–H groups in total. The second-order valence-corrected chi connectivity index (χ2v) is 8.94. The molecule has 35 heavy (non-hydrogen) atoms. The Labute approximate surface area is 201 Å². The van der Waals surface area contributed by atoms with Crippen LogP contribution in [0.1, 0.15) is 49.7 Å². The highest BCUT2D eigenvalue weighted by Crippen LogP contribution is 2.38. The van der Waals surface area contributed by atoms with Gasteiger partial charge in [-0.2, -0.15) is 4.39 Å². The van der Waals surface area contributed by atoms with E-state index < -0.39 is 29.1 Å². The highest BCUT2D eigenvalue weighted by atomic mass is 19.2. The van der Waals surface area contributed by atoms with Gasteiger partial charge in [0.1, 0.15) is 11.6 Å². The van der Waals surface area contributed by atoms with Gasteiger partial charge in [-0.25, -0.2) is 17.6 Å². The van der Waals surface area contributed by atoms with Gasteiger partial charge >= 0.3 is 0 Å². The number of aryl methyl sites for hydroxylation is 1. The number of halogens is 5. The second kappa shape index (κ2) is 10.7. The molecule has 0 aromatic heterocycles. The van der Waals surface area contributed by atoms with Crippen molar-refractivity contribution < 1.29 is 31.4 Å². The van der Waals surface area contributed by atoms with Crippen molar-refractivity contribution in [2.45, 2.75) is 45.4 Å². The van der Waals surface area contributed by atoms with Crippen molar-refractivity contribution in [2.75, 3.05) is 13.2 Å². The van der Waals surface area contributed by atoms with Gasteiger partial charge in [0.2, 0.25) is 5.82 Å². The fourth-order valence-corrected chi connectivity index (χ4v) is 4.64. The monoisotopic (exact) mass is 490 g/mol. The Morgan fingerprint density at radius 1 is 0.743 bits per heavy atom. The molecular formula is C28H27F5O2. The molecule has 1 fully saturated rings. The van der Waals surface area contributed by atoms with Gasteiger partial charge in [-0.15, -0.1) is 0 Å².